The number of ether oxygens (including phenoxy) is 1. The monoisotopic (exact) mass is 291 g/mol. The Morgan fingerprint density at radius 3 is 2.90 bits per heavy atom. The Morgan fingerprint density at radius 2 is 2.24 bits per heavy atom. The van der Waals surface area contributed by atoms with Gasteiger partial charge in [-0.1, -0.05) is 0 Å². The molecule has 0 spiro atoms. The molecule has 1 heterocycles. The number of nitrogens with zero attached hydrogens (tertiary/aromatic N) is 2. The first-order valence-electron chi connectivity index (χ1n) is 7.51. The van der Waals surface area contributed by atoms with Gasteiger partial charge in [0.05, 0.1) is 7.11 Å². The summed E-state index contributed by atoms with van der Waals surface area (Å²) in [6.07, 6.45) is 8.06. The predicted molar refractivity (Wildman–Crippen MR) is 81.8 cm³/mol. The molecule has 1 aromatic rings. The van der Waals surface area contributed by atoms with Crippen LogP contribution in [0.15, 0.2) is 24.5 Å². The van der Waals surface area contributed by atoms with Gasteiger partial charge in [-0.25, -0.2) is 0 Å². The van der Waals surface area contributed by atoms with Crippen molar-refractivity contribution in [3.05, 3.63) is 30.1 Å². The van der Waals surface area contributed by atoms with E-state index in [0.29, 0.717) is 18.9 Å². The summed E-state index contributed by atoms with van der Waals surface area (Å²) in [7, 11) is 3.52. The topological polar surface area (TPSA) is 68.5 Å². The summed E-state index contributed by atoms with van der Waals surface area (Å²) in [5.74, 6) is -0.283. The highest BCUT2D eigenvalue weighted by Crippen LogP contribution is 2.30. The van der Waals surface area contributed by atoms with Gasteiger partial charge in [0.15, 0.2) is 0 Å². The molecular formula is C16H25N3O2. The molecule has 1 aliphatic rings. The number of hydrogen-bond donors (Lipinski definition) is 1. The first kappa shape index (κ1) is 15.9. The van der Waals surface area contributed by atoms with Crippen molar-refractivity contribution < 1.29 is 9.53 Å². The van der Waals surface area contributed by atoms with Gasteiger partial charge < -0.3 is 15.4 Å². The van der Waals surface area contributed by atoms with Crippen LogP contribution in [0.3, 0.4) is 0 Å². The molecule has 1 saturated carbocycles. The fraction of sp³-hybridized carbons (Fsp3) is 0.625. The number of carbonyl (C=O) groups is 1. The van der Waals surface area contributed by atoms with Crippen LogP contribution in [0.25, 0.3) is 0 Å². The summed E-state index contributed by atoms with van der Waals surface area (Å²) < 4.78 is 4.86. The largest absolute Gasteiger partial charge is 0.468 e. The molecule has 21 heavy (non-hydrogen) atoms. The molecule has 0 amide bonds. The second-order valence-corrected chi connectivity index (χ2v) is 5.98. The zero-order valence-corrected chi connectivity index (χ0v) is 12.9. The lowest BCUT2D eigenvalue weighted by atomic mass is 9.79. The van der Waals surface area contributed by atoms with E-state index in [1.165, 1.54) is 12.7 Å². The van der Waals surface area contributed by atoms with Crippen molar-refractivity contribution in [2.24, 2.45) is 5.73 Å². The van der Waals surface area contributed by atoms with Gasteiger partial charge in [-0.2, -0.15) is 0 Å². The van der Waals surface area contributed by atoms with Crippen LogP contribution in [-0.2, 0) is 16.0 Å². The van der Waals surface area contributed by atoms with Crippen LogP contribution in [-0.4, -0.2) is 48.1 Å². The molecule has 2 atom stereocenters. The highest BCUT2D eigenvalue weighted by molar-refractivity contribution is 5.80. The number of aromatic nitrogens is 1. The Balaban J connectivity index is 1.90. The molecule has 0 aromatic carbocycles. The zero-order chi connectivity index (χ0) is 15.3. The summed E-state index contributed by atoms with van der Waals surface area (Å²) in [4.78, 5) is 18.2. The molecule has 0 bridgehead atoms. The molecule has 2 unspecified atom stereocenters. The fourth-order valence-corrected chi connectivity index (χ4v) is 3.08. The molecule has 5 nitrogen and oxygen atoms in total. The minimum Gasteiger partial charge on any atom is -0.468 e. The normalized spacial score (nSPS) is 25.8. The Hall–Kier alpha value is -1.46. The Kier molecular flexibility index (Phi) is 5.31. The van der Waals surface area contributed by atoms with Crippen LogP contribution < -0.4 is 5.73 Å². The maximum Gasteiger partial charge on any atom is 0.325 e. The summed E-state index contributed by atoms with van der Waals surface area (Å²) in [6.45, 7) is 0.950. The van der Waals surface area contributed by atoms with E-state index in [1.807, 2.05) is 24.5 Å². The third-order valence-corrected chi connectivity index (χ3v) is 4.48. The van der Waals surface area contributed by atoms with E-state index >= 15 is 0 Å². The summed E-state index contributed by atoms with van der Waals surface area (Å²) >= 11 is 0. The van der Waals surface area contributed by atoms with Gasteiger partial charge >= 0.3 is 5.97 Å². The molecule has 0 radical (unpaired) electrons. The van der Waals surface area contributed by atoms with Crippen molar-refractivity contribution in [3.8, 4) is 0 Å². The minimum atomic E-state index is -0.817. The highest BCUT2D eigenvalue weighted by Gasteiger charge is 2.41. The van der Waals surface area contributed by atoms with Crippen molar-refractivity contribution >= 4 is 5.97 Å². The quantitative estimate of drug-likeness (QED) is 0.830. The highest BCUT2D eigenvalue weighted by atomic mass is 16.5. The van der Waals surface area contributed by atoms with Gasteiger partial charge in [-0.05, 0) is 56.8 Å². The number of pyridine rings is 1. The van der Waals surface area contributed by atoms with Crippen LogP contribution in [0, 0.1) is 0 Å². The Morgan fingerprint density at radius 1 is 1.52 bits per heavy atom. The van der Waals surface area contributed by atoms with Crippen molar-refractivity contribution in [3.63, 3.8) is 0 Å². The molecule has 1 aliphatic carbocycles. The van der Waals surface area contributed by atoms with Crippen molar-refractivity contribution in [2.45, 2.75) is 43.7 Å². The lowest BCUT2D eigenvalue weighted by Crippen LogP contribution is -2.55. The Bertz CT molecular complexity index is 466. The van der Waals surface area contributed by atoms with Gasteiger partial charge in [0.1, 0.15) is 5.54 Å². The third kappa shape index (κ3) is 4.02. The number of carbonyl (C=O) groups excluding carboxylic acids is 1. The molecule has 5 heteroatoms. The fourth-order valence-electron chi connectivity index (χ4n) is 3.08. The summed E-state index contributed by atoms with van der Waals surface area (Å²) in [5.41, 5.74) is 6.70. The Labute approximate surface area is 126 Å². The summed E-state index contributed by atoms with van der Waals surface area (Å²) in [6, 6.07) is 4.41. The molecule has 116 valence electrons. The van der Waals surface area contributed by atoms with E-state index in [9.17, 15) is 4.79 Å². The van der Waals surface area contributed by atoms with E-state index < -0.39 is 5.54 Å². The maximum atomic E-state index is 11.9. The van der Waals surface area contributed by atoms with Crippen molar-refractivity contribution in [2.75, 3.05) is 20.7 Å². The molecule has 0 aliphatic heterocycles. The standard InChI is InChI=1S/C16H25N3O2/c1-19(11-7-13-5-9-18-10-6-13)14-4-3-8-16(17,12-14)15(20)21-2/h5-6,9-10,14H,3-4,7-8,11-12,17H2,1-2H3. The number of rotatable bonds is 5. The van der Waals surface area contributed by atoms with Gasteiger partial charge in [0, 0.05) is 25.0 Å². The van der Waals surface area contributed by atoms with E-state index in [0.717, 1.165) is 25.8 Å². The van der Waals surface area contributed by atoms with Gasteiger partial charge in [0.25, 0.3) is 0 Å². The molecule has 1 aromatic heterocycles. The van der Waals surface area contributed by atoms with Gasteiger partial charge in [-0.15, -0.1) is 0 Å². The van der Waals surface area contributed by atoms with Crippen LogP contribution >= 0.6 is 0 Å². The zero-order valence-electron chi connectivity index (χ0n) is 12.9. The lowest BCUT2D eigenvalue weighted by molar-refractivity contribution is -0.149. The average Bonchev–Trinajstić information content (AvgIpc) is 2.52. The van der Waals surface area contributed by atoms with E-state index in [4.69, 9.17) is 10.5 Å². The molecular weight excluding hydrogens is 266 g/mol. The first-order valence-corrected chi connectivity index (χ1v) is 7.51. The van der Waals surface area contributed by atoms with Gasteiger partial charge in [-0.3, -0.25) is 9.78 Å². The number of methoxy groups -OCH3 is 1. The lowest BCUT2D eigenvalue weighted by Gasteiger charge is -2.39. The first-order chi connectivity index (χ1) is 10.0. The SMILES string of the molecule is COC(=O)C1(N)CCCC(N(C)CCc2ccncc2)C1. The second kappa shape index (κ2) is 7.00. The van der Waals surface area contributed by atoms with Crippen LogP contribution in [0.2, 0.25) is 0 Å². The van der Waals surface area contributed by atoms with Crippen molar-refractivity contribution in [1.29, 1.82) is 0 Å². The van der Waals surface area contributed by atoms with Crippen LogP contribution in [0.4, 0.5) is 0 Å². The number of hydrogen-bond acceptors (Lipinski definition) is 5. The van der Waals surface area contributed by atoms with E-state index in [-0.39, 0.29) is 5.97 Å². The summed E-state index contributed by atoms with van der Waals surface area (Å²) in [5, 5.41) is 0. The minimum absolute atomic E-state index is 0.283. The molecule has 1 fully saturated rings. The van der Waals surface area contributed by atoms with Crippen LogP contribution in [0.1, 0.15) is 31.2 Å². The van der Waals surface area contributed by atoms with Crippen molar-refractivity contribution in [1.82, 2.24) is 9.88 Å². The number of nitrogens with two attached hydrogens (primary N) is 1. The second-order valence-electron chi connectivity index (χ2n) is 5.98. The molecule has 0 saturated heterocycles. The number of esters is 1. The van der Waals surface area contributed by atoms with E-state index in [2.05, 4.69) is 16.9 Å². The molecule has 2 N–H and O–H groups in total. The smallest absolute Gasteiger partial charge is 0.325 e. The maximum absolute atomic E-state index is 11.9. The van der Waals surface area contributed by atoms with E-state index in [1.54, 1.807) is 0 Å². The predicted octanol–water partition coefficient (Wildman–Crippen LogP) is 1.37. The van der Waals surface area contributed by atoms with Crippen LogP contribution in [0.5, 0.6) is 0 Å². The number of likely N-dealkylation sites (N-methyl/N-ethyl adjacent to an activating group) is 1. The third-order valence-electron chi connectivity index (χ3n) is 4.48. The van der Waals surface area contributed by atoms with Gasteiger partial charge in [0.2, 0.25) is 0 Å². The molecule has 2 rings (SSSR count). The average molecular weight is 291 g/mol.